The predicted molar refractivity (Wildman–Crippen MR) is 75.6 cm³/mol. The highest BCUT2D eigenvalue weighted by atomic mass is 19.3. The second kappa shape index (κ2) is 6.86. The van der Waals surface area contributed by atoms with Gasteiger partial charge in [0.05, 0.1) is 17.4 Å². The molecule has 7 nitrogen and oxygen atoms in total. The number of aryl methyl sites for hydroxylation is 1. The molecule has 1 aromatic carbocycles. The summed E-state index contributed by atoms with van der Waals surface area (Å²) >= 11 is 0. The van der Waals surface area contributed by atoms with E-state index in [1.165, 1.54) is 18.3 Å². The van der Waals surface area contributed by atoms with Crippen molar-refractivity contribution in [1.29, 1.82) is 0 Å². The number of rotatable bonds is 6. The summed E-state index contributed by atoms with van der Waals surface area (Å²) in [6.07, 6.45) is 2.29. The van der Waals surface area contributed by atoms with Crippen molar-refractivity contribution in [3.8, 4) is 5.75 Å². The number of aromatic nitrogens is 2. The topological polar surface area (TPSA) is 93.5 Å². The van der Waals surface area contributed by atoms with Crippen molar-refractivity contribution in [3.05, 3.63) is 41.7 Å². The van der Waals surface area contributed by atoms with Crippen LogP contribution in [0, 0.1) is 6.92 Å². The molecule has 2 rings (SSSR count). The van der Waals surface area contributed by atoms with Crippen molar-refractivity contribution in [3.63, 3.8) is 0 Å². The second-order valence-corrected chi connectivity index (χ2v) is 4.66. The summed E-state index contributed by atoms with van der Waals surface area (Å²) in [5, 5.41) is 14.9. The van der Waals surface area contributed by atoms with Crippen molar-refractivity contribution in [2.24, 2.45) is 0 Å². The van der Waals surface area contributed by atoms with E-state index in [0.717, 1.165) is 16.4 Å². The molecule has 0 bridgehead atoms. The third-order valence-electron chi connectivity index (χ3n) is 2.81. The zero-order valence-corrected chi connectivity index (χ0v) is 12.0. The molecule has 0 fully saturated rings. The first-order valence-corrected chi connectivity index (χ1v) is 6.46. The molecule has 0 aliphatic carbocycles. The summed E-state index contributed by atoms with van der Waals surface area (Å²) in [7, 11) is 0. The number of alkyl halides is 2. The molecule has 0 aliphatic heterocycles. The number of nitrogens with one attached hydrogen (secondary N) is 1. The number of nitrogens with zero attached hydrogens (tertiary/aromatic N) is 2. The minimum Gasteiger partial charge on any atom is -0.478 e. The van der Waals surface area contributed by atoms with Gasteiger partial charge in [0.1, 0.15) is 12.3 Å². The molecule has 0 atom stereocenters. The lowest BCUT2D eigenvalue weighted by molar-refractivity contribution is -0.117. The Morgan fingerprint density at radius 2 is 2.17 bits per heavy atom. The maximum Gasteiger partial charge on any atom is 0.387 e. The summed E-state index contributed by atoms with van der Waals surface area (Å²) in [6, 6.07) is 4.38. The van der Waals surface area contributed by atoms with Crippen LogP contribution < -0.4 is 10.1 Å². The summed E-state index contributed by atoms with van der Waals surface area (Å²) in [5.74, 6) is -1.89. The fourth-order valence-electron chi connectivity index (χ4n) is 1.84. The molecule has 2 aromatic rings. The molecule has 1 heterocycles. The third-order valence-corrected chi connectivity index (χ3v) is 2.81. The lowest BCUT2D eigenvalue weighted by Crippen LogP contribution is -2.20. The number of carbonyl (C=O) groups excluding carboxylic acids is 1. The molecule has 0 saturated heterocycles. The first-order chi connectivity index (χ1) is 10.8. The fourth-order valence-corrected chi connectivity index (χ4v) is 1.84. The Labute approximate surface area is 129 Å². The zero-order chi connectivity index (χ0) is 17.0. The number of anilines is 1. The van der Waals surface area contributed by atoms with Gasteiger partial charge in [-0.15, -0.1) is 0 Å². The number of aromatic carboxylic acids is 1. The van der Waals surface area contributed by atoms with E-state index < -0.39 is 18.5 Å². The van der Waals surface area contributed by atoms with Gasteiger partial charge in [0.15, 0.2) is 0 Å². The van der Waals surface area contributed by atoms with Crippen molar-refractivity contribution in [2.75, 3.05) is 5.32 Å². The Kier molecular flexibility index (Phi) is 4.89. The van der Waals surface area contributed by atoms with Gasteiger partial charge in [-0.1, -0.05) is 6.07 Å². The SMILES string of the molecule is Cc1ccc(OC(F)F)c(NC(=O)Cn2cc(C(=O)O)cn2)c1. The molecular formula is C14H13F2N3O4. The quantitative estimate of drug-likeness (QED) is 0.848. The first kappa shape index (κ1) is 16.4. The number of halogens is 2. The van der Waals surface area contributed by atoms with Crippen molar-refractivity contribution >= 4 is 17.6 Å². The van der Waals surface area contributed by atoms with Crippen molar-refractivity contribution in [1.82, 2.24) is 9.78 Å². The molecule has 0 saturated carbocycles. The van der Waals surface area contributed by atoms with Gasteiger partial charge >= 0.3 is 12.6 Å². The van der Waals surface area contributed by atoms with Crippen LogP contribution in [0.4, 0.5) is 14.5 Å². The molecule has 0 aliphatic rings. The van der Waals surface area contributed by atoms with Gasteiger partial charge in [-0.3, -0.25) is 9.48 Å². The average molecular weight is 325 g/mol. The van der Waals surface area contributed by atoms with Crippen molar-refractivity contribution in [2.45, 2.75) is 20.1 Å². The Balaban J connectivity index is 2.09. The van der Waals surface area contributed by atoms with Gasteiger partial charge in [-0.05, 0) is 24.6 Å². The molecule has 2 N–H and O–H groups in total. The molecular weight excluding hydrogens is 312 g/mol. The number of amides is 1. The van der Waals surface area contributed by atoms with E-state index in [0.29, 0.717) is 0 Å². The van der Waals surface area contributed by atoms with Crippen LogP contribution in [0.5, 0.6) is 5.75 Å². The molecule has 0 unspecified atom stereocenters. The van der Waals surface area contributed by atoms with Crippen LogP contribution in [-0.2, 0) is 11.3 Å². The number of hydrogen-bond donors (Lipinski definition) is 2. The Morgan fingerprint density at radius 3 is 2.78 bits per heavy atom. The Morgan fingerprint density at radius 1 is 1.43 bits per heavy atom. The number of carbonyl (C=O) groups is 2. The van der Waals surface area contributed by atoms with Gasteiger partial charge in [0.25, 0.3) is 0 Å². The predicted octanol–water partition coefficient (Wildman–Crippen LogP) is 2.13. The maximum absolute atomic E-state index is 12.4. The van der Waals surface area contributed by atoms with Crippen LogP contribution in [0.25, 0.3) is 0 Å². The van der Waals surface area contributed by atoms with E-state index in [1.807, 2.05) is 0 Å². The van der Waals surface area contributed by atoms with Crippen LogP contribution in [0.15, 0.2) is 30.6 Å². The van der Waals surface area contributed by atoms with Crippen LogP contribution in [0.2, 0.25) is 0 Å². The minimum atomic E-state index is -3.02. The third kappa shape index (κ3) is 4.50. The summed E-state index contributed by atoms with van der Waals surface area (Å²) in [6.45, 7) is -1.55. The Bertz CT molecular complexity index is 731. The van der Waals surface area contributed by atoms with Gasteiger partial charge in [0, 0.05) is 6.20 Å². The van der Waals surface area contributed by atoms with E-state index in [2.05, 4.69) is 15.2 Å². The number of hydrogen-bond acceptors (Lipinski definition) is 4. The standard InChI is InChI=1S/C14H13F2N3O4/c1-8-2-3-11(23-14(15)16)10(4-8)18-12(20)7-19-6-9(5-17-19)13(21)22/h2-6,14H,7H2,1H3,(H,18,20)(H,21,22). The second-order valence-electron chi connectivity index (χ2n) is 4.66. The van der Waals surface area contributed by atoms with Crippen LogP contribution in [0.1, 0.15) is 15.9 Å². The highest BCUT2D eigenvalue weighted by Crippen LogP contribution is 2.27. The molecule has 0 spiro atoms. The monoisotopic (exact) mass is 325 g/mol. The fraction of sp³-hybridized carbons (Fsp3) is 0.214. The largest absolute Gasteiger partial charge is 0.478 e. The minimum absolute atomic E-state index is 0.0601. The molecule has 9 heteroatoms. The molecule has 1 aromatic heterocycles. The number of benzene rings is 1. The summed E-state index contributed by atoms with van der Waals surface area (Å²) < 4.78 is 30.2. The first-order valence-electron chi connectivity index (χ1n) is 6.46. The van der Waals surface area contributed by atoms with Crippen LogP contribution in [0.3, 0.4) is 0 Å². The van der Waals surface area contributed by atoms with Gasteiger partial charge in [-0.25, -0.2) is 4.79 Å². The highest BCUT2D eigenvalue weighted by Gasteiger charge is 2.14. The normalized spacial score (nSPS) is 10.6. The van der Waals surface area contributed by atoms with E-state index >= 15 is 0 Å². The lowest BCUT2D eigenvalue weighted by Gasteiger charge is -2.12. The lowest BCUT2D eigenvalue weighted by atomic mass is 10.2. The van der Waals surface area contributed by atoms with Gasteiger partial charge in [-0.2, -0.15) is 13.9 Å². The zero-order valence-electron chi connectivity index (χ0n) is 12.0. The average Bonchev–Trinajstić information content (AvgIpc) is 2.90. The molecule has 0 radical (unpaired) electrons. The van der Waals surface area contributed by atoms with Crippen LogP contribution >= 0.6 is 0 Å². The number of ether oxygens (including phenoxy) is 1. The molecule has 122 valence electrons. The number of carboxylic acid groups (broad SMARTS) is 1. The number of carboxylic acids is 1. The Hall–Kier alpha value is -2.97. The van der Waals surface area contributed by atoms with E-state index in [4.69, 9.17) is 5.11 Å². The molecule has 23 heavy (non-hydrogen) atoms. The summed E-state index contributed by atoms with van der Waals surface area (Å²) in [5.41, 5.74) is 0.783. The van der Waals surface area contributed by atoms with E-state index in [-0.39, 0.29) is 23.5 Å². The van der Waals surface area contributed by atoms with Gasteiger partial charge in [0.2, 0.25) is 5.91 Å². The molecule has 1 amide bonds. The van der Waals surface area contributed by atoms with Gasteiger partial charge < -0.3 is 15.2 Å². The summed E-state index contributed by atoms with van der Waals surface area (Å²) in [4.78, 5) is 22.7. The maximum atomic E-state index is 12.4. The van der Waals surface area contributed by atoms with Crippen LogP contribution in [-0.4, -0.2) is 33.4 Å². The van der Waals surface area contributed by atoms with Crippen molar-refractivity contribution < 1.29 is 28.2 Å². The highest BCUT2D eigenvalue weighted by molar-refractivity contribution is 5.92. The van der Waals surface area contributed by atoms with E-state index in [9.17, 15) is 18.4 Å². The van der Waals surface area contributed by atoms with E-state index in [1.54, 1.807) is 13.0 Å². The smallest absolute Gasteiger partial charge is 0.387 e.